The highest BCUT2D eigenvalue weighted by Crippen LogP contribution is 2.30. The van der Waals surface area contributed by atoms with Crippen LogP contribution in [0.25, 0.3) is 10.8 Å². The number of carbonyl (C=O) groups is 1. The zero-order valence-electron chi connectivity index (χ0n) is 18.1. The molecule has 1 fully saturated rings. The summed E-state index contributed by atoms with van der Waals surface area (Å²) in [6.45, 7) is 2.65. The Bertz CT molecular complexity index is 1240. The Labute approximate surface area is 188 Å². The number of methoxy groups -OCH3 is 1. The predicted octanol–water partition coefficient (Wildman–Crippen LogP) is 4.04. The van der Waals surface area contributed by atoms with Gasteiger partial charge >= 0.3 is 0 Å². The number of ether oxygens (including phenoxy) is 2. The summed E-state index contributed by atoms with van der Waals surface area (Å²) in [6, 6.07) is 18.0. The maximum Gasteiger partial charge on any atom is 0.265 e. The highest BCUT2D eigenvalue weighted by molar-refractivity contribution is 7.89. The number of carbonyl (C=O) groups excluding carboxylic acids is 1. The van der Waals surface area contributed by atoms with Gasteiger partial charge in [-0.3, -0.25) is 4.79 Å². The zero-order valence-corrected chi connectivity index (χ0v) is 18.9. The van der Waals surface area contributed by atoms with Gasteiger partial charge in [-0.15, -0.1) is 0 Å². The smallest absolute Gasteiger partial charge is 0.265 e. The molecule has 0 bridgehead atoms. The molecule has 1 aliphatic heterocycles. The molecular formula is C24H26N2O5S. The Morgan fingerprint density at radius 1 is 1.00 bits per heavy atom. The molecule has 0 aliphatic carbocycles. The minimum atomic E-state index is -3.62. The van der Waals surface area contributed by atoms with Crippen LogP contribution in [0.15, 0.2) is 65.6 Å². The number of hydrogen-bond acceptors (Lipinski definition) is 5. The molecule has 8 heteroatoms. The molecule has 3 aromatic rings. The lowest BCUT2D eigenvalue weighted by Crippen LogP contribution is -2.31. The van der Waals surface area contributed by atoms with Crippen LogP contribution in [0, 0.1) is 0 Å². The molecule has 7 nitrogen and oxygen atoms in total. The van der Waals surface area contributed by atoms with E-state index in [0.29, 0.717) is 24.6 Å². The van der Waals surface area contributed by atoms with Gasteiger partial charge < -0.3 is 14.8 Å². The quantitative estimate of drug-likeness (QED) is 0.582. The topological polar surface area (TPSA) is 84.9 Å². The van der Waals surface area contributed by atoms with Gasteiger partial charge in [-0.2, -0.15) is 4.31 Å². The van der Waals surface area contributed by atoms with Crippen LogP contribution in [0.5, 0.6) is 11.5 Å². The van der Waals surface area contributed by atoms with Crippen molar-refractivity contribution in [3.05, 3.63) is 60.7 Å². The lowest BCUT2D eigenvalue weighted by molar-refractivity contribution is -0.122. The Morgan fingerprint density at radius 3 is 2.44 bits per heavy atom. The molecule has 1 amide bonds. The van der Waals surface area contributed by atoms with E-state index in [-0.39, 0.29) is 10.6 Å². The third kappa shape index (κ3) is 4.56. The number of anilines is 1. The van der Waals surface area contributed by atoms with E-state index in [1.54, 1.807) is 13.0 Å². The second-order valence-corrected chi connectivity index (χ2v) is 9.67. The number of sulfonamides is 1. The summed E-state index contributed by atoms with van der Waals surface area (Å²) in [7, 11) is -2.15. The van der Waals surface area contributed by atoms with Crippen LogP contribution in [0.1, 0.15) is 19.8 Å². The average molecular weight is 455 g/mol. The van der Waals surface area contributed by atoms with Crippen molar-refractivity contribution in [3.63, 3.8) is 0 Å². The summed E-state index contributed by atoms with van der Waals surface area (Å²) in [4.78, 5) is 12.9. The van der Waals surface area contributed by atoms with Gasteiger partial charge in [0.2, 0.25) is 10.0 Å². The molecule has 0 saturated carbocycles. The van der Waals surface area contributed by atoms with Gasteiger partial charge in [0.15, 0.2) is 6.10 Å². The van der Waals surface area contributed by atoms with Gasteiger partial charge in [0.25, 0.3) is 5.91 Å². The van der Waals surface area contributed by atoms with Crippen molar-refractivity contribution in [2.24, 2.45) is 0 Å². The molecule has 1 atom stereocenters. The number of fused-ring (bicyclic) bond motifs is 1. The molecule has 0 unspecified atom stereocenters. The number of rotatable bonds is 7. The van der Waals surface area contributed by atoms with Crippen LogP contribution in [-0.4, -0.2) is 44.9 Å². The Kier molecular flexibility index (Phi) is 6.34. The van der Waals surface area contributed by atoms with Gasteiger partial charge in [0.05, 0.1) is 17.7 Å². The van der Waals surface area contributed by atoms with Crippen molar-refractivity contribution in [1.82, 2.24) is 4.31 Å². The number of hydrogen-bond donors (Lipinski definition) is 1. The fraction of sp³-hybridized carbons (Fsp3) is 0.292. The molecular weight excluding hydrogens is 428 g/mol. The normalized spacial score (nSPS) is 15.4. The summed E-state index contributed by atoms with van der Waals surface area (Å²) < 4.78 is 38.4. The summed E-state index contributed by atoms with van der Waals surface area (Å²) in [6.07, 6.45) is 0.894. The molecule has 1 heterocycles. The van der Waals surface area contributed by atoms with E-state index in [1.165, 1.54) is 23.5 Å². The third-order valence-corrected chi connectivity index (χ3v) is 7.43. The first-order chi connectivity index (χ1) is 15.4. The van der Waals surface area contributed by atoms with Crippen LogP contribution in [-0.2, 0) is 14.8 Å². The van der Waals surface area contributed by atoms with Crippen molar-refractivity contribution in [3.8, 4) is 11.5 Å². The second kappa shape index (κ2) is 9.18. The largest absolute Gasteiger partial charge is 0.495 e. The van der Waals surface area contributed by atoms with Crippen LogP contribution < -0.4 is 14.8 Å². The minimum absolute atomic E-state index is 0.124. The fourth-order valence-electron chi connectivity index (χ4n) is 3.76. The monoisotopic (exact) mass is 454 g/mol. The van der Waals surface area contributed by atoms with E-state index < -0.39 is 22.0 Å². The maximum absolute atomic E-state index is 12.9. The lowest BCUT2D eigenvalue weighted by atomic mass is 10.1. The van der Waals surface area contributed by atoms with Crippen molar-refractivity contribution in [2.75, 3.05) is 25.5 Å². The minimum Gasteiger partial charge on any atom is -0.495 e. The standard InChI is InChI=1S/C24H26N2O5S/c1-17(31-20-10-9-18-7-3-4-8-19(18)15-20)24(27)25-22-16-21(11-12-23(22)30-2)32(28,29)26-13-5-6-14-26/h3-4,7-12,15-17H,5-6,13-14H2,1-2H3,(H,25,27)/t17-/m1/s1. The molecule has 0 spiro atoms. The molecule has 3 aromatic carbocycles. The van der Waals surface area contributed by atoms with Crippen molar-refractivity contribution < 1.29 is 22.7 Å². The van der Waals surface area contributed by atoms with Gasteiger partial charge in [-0.25, -0.2) is 8.42 Å². The molecule has 1 aliphatic rings. The SMILES string of the molecule is COc1ccc(S(=O)(=O)N2CCCC2)cc1NC(=O)[C@@H](C)Oc1ccc2ccccc2c1. The van der Waals surface area contributed by atoms with Gasteiger partial charge in [-0.05, 0) is 60.9 Å². The first-order valence-corrected chi connectivity index (χ1v) is 12.0. The third-order valence-electron chi connectivity index (χ3n) is 5.53. The van der Waals surface area contributed by atoms with E-state index in [1.807, 2.05) is 42.5 Å². The lowest BCUT2D eigenvalue weighted by Gasteiger charge is -2.19. The van der Waals surface area contributed by atoms with Crippen LogP contribution in [0.3, 0.4) is 0 Å². The van der Waals surface area contributed by atoms with Gasteiger partial charge in [0, 0.05) is 13.1 Å². The van der Waals surface area contributed by atoms with Crippen LogP contribution in [0.2, 0.25) is 0 Å². The van der Waals surface area contributed by atoms with Crippen LogP contribution in [0.4, 0.5) is 5.69 Å². The van der Waals surface area contributed by atoms with Gasteiger partial charge in [-0.1, -0.05) is 30.3 Å². The molecule has 168 valence electrons. The van der Waals surface area contributed by atoms with E-state index in [0.717, 1.165) is 23.6 Å². The van der Waals surface area contributed by atoms with E-state index in [9.17, 15) is 13.2 Å². The number of amides is 1. The number of benzene rings is 3. The first kappa shape index (κ1) is 22.1. The summed E-state index contributed by atoms with van der Waals surface area (Å²) >= 11 is 0. The van der Waals surface area contributed by atoms with Crippen molar-refractivity contribution in [2.45, 2.75) is 30.8 Å². The summed E-state index contributed by atoms with van der Waals surface area (Å²) in [5.41, 5.74) is 0.284. The molecule has 4 rings (SSSR count). The number of nitrogens with one attached hydrogen (secondary N) is 1. The average Bonchev–Trinajstić information content (AvgIpc) is 3.35. The Balaban J connectivity index is 1.52. The van der Waals surface area contributed by atoms with E-state index >= 15 is 0 Å². The predicted molar refractivity (Wildman–Crippen MR) is 124 cm³/mol. The molecule has 1 saturated heterocycles. The summed E-state index contributed by atoms with van der Waals surface area (Å²) in [5, 5.41) is 4.84. The summed E-state index contributed by atoms with van der Waals surface area (Å²) in [5.74, 6) is 0.535. The first-order valence-electron chi connectivity index (χ1n) is 10.5. The fourth-order valence-corrected chi connectivity index (χ4v) is 5.30. The van der Waals surface area contributed by atoms with Crippen molar-refractivity contribution >= 4 is 32.4 Å². The zero-order chi connectivity index (χ0) is 22.7. The molecule has 0 radical (unpaired) electrons. The highest BCUT2D eigenvalue weighted by Gasteiger charge is 2.28. The maximum atomic E-state index is 12.9. The molecule has 0 aromatic heterocycles. The molecule has 32 heavy (non-hydrogen) atoms. The van der Waals surface area contributed by atoms with E-state index in [2.05, 4.69) is 5.32 Å². The number of nitrogens with zero attached hydrogens (tertiary/aromatic N) is 1. The molecule has 1 N–H and O–H groups in total. The van der Waals surface area contributed by atoms with Crippen LogP contribution >= 0.6 is 0 Å². The second-order valence-electron chi connectivity index (χ2n) is 7.73. The van der Waals surface area contributed by atoms with E-state index in [4.69, 9.17) is 9.47 Å². The highest BCUT2D eigenvalue weighted by atomic mass is 32.2. The Morgan fingerprint density at radius 2 is 1.72 bits per heavy atom. The van der Waals surface area contributed by atoms with Gasteiger partial charge in [0.1, 0.15) is 11.5 Å². The Hall–Kier alpha value is -3.10. The van der Waals surface area contributed by atoms with Crippen molar-refractivity contribution in [1.29, 1.82) is 0 Å².